The number of nitro benzene ring substituents is 1. The number of nitrogens with one attached hydrogen (secondary N) is 1. The Morgan fingerprint density at radius 2 is 2.33 bits per heavy atom. The molecule has 2 N–H and O–H groups in total. The Balaban J connectivity index is 3.06. The number of aliphatic hydroxyl groups excluding tert-OH is 1. The van der Waals surface area contributed by atoms with Gasteiger partial charge in [0.25, 0.3) is 5.69 Å². The minimum atomic E-state index is -0.874. The maximum absolute atomic E-state index is 13.1. The van der Waals surface area contributed by atoms with Crippen LogP contribution in [0.1, 0.15) is 0 Å². The number of aliphatic hydroxyl groups is 1. The van der Waals surface area contributed by atoms with Gasteiger partial charge in [-0.2, -0.15) is 0 Å². The highest BCUT2D eigenvalue weighted by molar-refractivity contribution is 6.31. The molecule has 1 unspecified atom stereocenters. The molecule has 0 aliphatic carbocycles. The van der Waals surface area contributed by atoms with E-state index in [2.05, 4.69) is 5.32 Å². The molecule has 1 rings (SSSR count). The van der Waals surface area contributed by atoms with E-state index in [0.29, 0.717) is 0 Å². The number of rotatable bonds is 6. The standard InChI is InChI=1S/C10H12ClFN2O4/c1-18-5-6(4-15)13-9-2-7(11)8(12)3-10(9)14(16)17/h2-3,6,13,15H,4-5H2,1H3. The van der Waals surface area contributed by atoms with Crippen molar-refractivity contribution in [3.05, 3.63) is 33.1 Å². The molecular weight excluding hydrogens is 267 g/mol. The van der Waals surface area contributed by atoms with Crippen LogP contribution in [0.3, 0.4) is 0 Å². The largest absolute Gasteiger partial charge is 0.394 e. The Labute approximate surface area is 107 Å². The first kappa shape index (κ1) is 14.6. The topological polar surface area (TPSA) is 84.6 Å². The molecule has 0 radical (unpaired) electrons. The number of benzene rings is 1. The smallest absolute Gasteiger partial charge is 0.295 e. The molecule has 0 saturated carbocycles. The average molecular weight is 279 g/mol. The van der Waals surface area contributed by atoms with Crippen molar-refractivity contribution in [3.63, 3.8) is 0 Å². The summed E-state index contributed by atoms with van der Waals surface area (Å²) < 4.78 is 18.0. The molecule has 0 bridgehead atoms. The minimum absolute atomic E-state index is 0.0301. The molecule has 0 fully saturated rings. The van der Waals surface area contributed by atoms with Crippen LogP contribution in [0.4, 0.5) is 15.8 Å². The zero-order valence-corrected chi connectivity index (χ0v) is 10.3. The highest BCUT2D eigenvalue weighted by Crippen LogP contribution is 2.30. The van der Waals surface area contributed by atoms with Crippen LogP contribution in [0.15, 0.2) is 12.1 Å². The molecule has 1 atom stereocenters. The maximum atomic E-state index is 13.1. The van der Waals surface area contributed by atoms with Crippen molar-refractivity contribution in [3.8, 4) is 0 Å². The van der Waals surface area contributed by atoms with Gasteiger partial charge in [-0.1, -0.05) is 11.6 Å². The second-order valence-corrected chi connectivity index (χ2v) is 3.93. The summed E-state index contributed by atoms with van der Waals surface area (Å²) in [5.74, 6) is -0.874. The molecule has 0 spiro atoms. The summed E-state index contributed by atoms with van der Waals surface area (Å²) in [5.41, 5.74) is -0.422. The van der Waals surface area contributed by atoms with Gasteiger partial charge in [-0.25, -0.2) is 4.39 Å². The summed E-state index contributed by atoms with van der Waals surface area (Å²) in [5, 5.41) is 22.3. The second-order valence-electron chi connectivity index (χ2n) is 3.52. The van der Waals surface area contributed by atoms with E-state index < -0.39 is 22.5 Å². The zero-order chi connectivity index (χ0) is 13.7. The predicted octanol–water partition coefficient (Wildman–Crippen LogP) is 1.81. The average Bonchev–Trinajstić information content (AvgIpc) is 2.32. The maximum Gasteiger partial charge on any atom is 0.295 e. The van der Waals surface area contributed by atoms with Crippen LogP contribution in [0.5, 0.6) is 0 Å². The number of nitro groups is 1. The Kier molecular flexibility index (Phi) is 5.26. The Morgan fingerprint density at radius 1 is 1.67 bits per heavy atom. The predicted molar refractivity (Wildman–Crippen MR) is 64.4 cm³/mol. The summed E-state index contributed by atoms with van der Waals surface area (Å²) in [4.78, 5) is 10.0. The van der Waals surface area contributed by atoms with Crippen LogP contribution in [0.25, 0.3) is 0 Å². The van der Waals surface area contributed by atoms with E-state index in [1.54, 1.807) is 0 Å². The molecule has 0 saturated heterocycles. The van der Waals surface area contributed by atoms with Gasteiger partial charge in [0.1, 0.15) is 11.5 Å². The third-order valence-corrected chi connectivity index (χ3v) is 2.47. The van der Waals surface area contributed by atoms with Gasteiger partial charge in [0.15, 0.2) is 0 Å². The Hall–Kier alpha value is -1.44. The lowest BCUT2D eigenvalue weighted by Gasteiger charge is -2.16. The van der Waals surface area contributed by atoms with E-state index in [9.17, 15) is 14.5 Å². The molecule has 0 aliphatic heterocycles. The van der Waals surface area contributed by atoms with Gasteiger partial charge < -0.3 is 15.2 Å². The van der Waals surface area contributed by atoms with Crippen molar-refractivity contribution in [1.82, 2.24) is 0 Å². The fourth-order valence-corrected chi connectivity index (χ4v) is 1.53. The summed E-state index contributed by atoms with van der Waals surface area (Å²) in [6.45, 7) is -0.150. The summed E-state index contributed by atoms with van der Waals surface area (Å²) in [7, 11) is 1.43. The lowest BCUT2D eigenvalue weighted by atomic mass is 10.2. The summed E-state index contributed by atoms with van der Waals surface area (Å²) in [6, 6.07) is 1.29. The number of halogens is 2. The van der Waals surface area contributed by atoms with Crippen LogP contribution < -0.4 is 5.32 Å². The molecule has 1 aromatic rings. The van der Waals surface area contributed by atoms with Crippen LogP contribution in [0, 0.1) is 15.9 Å². The first-order chi connectivity index (χ1) is 8.49. The third kappa shape index (κ3) is 3.52. The SMILES string of the molecule is COCC(CO)Nc1cc(Cl)c(F)cc1[N+](=O)[O-]. The molecule has 1 aromatic carbocycles. The molecule has 8 heteroatoms. The van der Waals surface area contributed by atoms with E-state index in [1.807, 2.05) is 0 Å². The van der Waals surface area contributed by atoms with Crippen molar-refractivity contribution in [2.45, 2.75) is 6.04 Å². The summed E-state index contributed by atoms with van der Waals surface area (Å²) >= 11 is 5.56. The Bertz CT molecular complexity index is 444. The first-order valence-electron chi connectivity index (χ1n) is 4.99. The van der Waals surface area contributed by atoms with Crippen molar-refractivity contribution in [2.24, 2.45) is 0 Å². The van der Waals surface area contributed by atoms with Gasteiger partial charge in [0.2, 0.25) is 0 Å². The molecular formula is C10H12ClFN2O4. The highest BCUT2D eigenvalue weighted by Gasteiger charge is 2.20. The van der Waals surface area contributed by atoms with E-state index in [-0.39, 0.29) is 23.9 Å². The van der Waals surface area contributed by atoms with E-state index in [4.69, 9.17) is 21.4 Å². The van der Waals surface area contributed by atoms with Crippen molar-refractivity contribution in [2.75, 3.05) is 25.6 Å². The fraction of sp³-hybridized carbons (Fsp3) is 0.400. The second kappa shape index (κ2) is 6.48. The van der Waals surface area contributed by atoms with Gasteiger partial charge in [-0.15, -0.1) is 0 Å². The van der Waals surface area contributed by atoms with Gasteiger partial charge in [-0.05, 0) is 6.07 Å². The van der Waals surface area contributed by atoms with E-state index in [0.717, 1.165) is 12.1 Å². The molecule has 0 heterocycles. The molecule has 6 nitrogen and oxygen atoms in total. The summed E-state index contributed by atoms with van der Waals surface area (Å²) in [6.07, 6.45) is 0. The normalized spacial score (nSPS) is 12.2. The van der Waals surface area contributed by atoms with E-state index >= 15 is 0 Å². The van der Waals surface area contributed by atoms with Gasteiger partial charge >= 0.3 is 0 Å². The van der Waals surface area contributed by atoms with Crippen molar-refractivity contribution < 1.29 is 19.2 Å². The van der Waals surface area contributed by atoms with E-state index in [1.165, 1.54) is 7.11 Å². The lowest BCUT2D eigenvalue weighted by Crippen LogP contribution is -2.29. The van der Waals surface area contributed by atoms with Crippen molar-refractivity contribution >= 4 is 23.0 Å². The molecule has 0 aromatic heterocycles. The molecule has 18 heavy (non-hydrogen) atoms. The third-order valence-electron chi connectivity index (χ3n) is 2.18. The first-order valence-corrected chi connectivity index (χ1v) is 5.37. The van der Waals surface area contributed by atoms with Gasteiger partial charge in [0, 0.05) is 7.11 Å². The van der Waals surface area contributed by atoms with Gasteiger partial charge in [-0.3, -0.25) is 10.1 Å². The number of ether oxygens (including phenoxy) is 1. The zero-order valence-electron chi connectivity index (χ0n) is 9.52. The minimum Gasteiger partial charge on any atom is -0.394 e. The fourth-order valence-electron chi connectivity index (χ4n) is 1.36. The number of hydrogen-bond acceptors (Lipinski definition) is 5. The number of hydrogen-bond donors (Lipinski definition) is 2. The molecule has 100 valence electrons. The van der Waals surface area contributed by atoms with Gasteiger partial charge in [0.05, 0.1) is 35.3 Å². The monoisotopic (exact) mass is 278 g/mol. The Morgan fingerprint density at radius 3 is 2.83 bits per heavy atom. The van der Waals surface area contributed by atoms with Crippen LogP contribution in [-0.2, 0) is 4.74 Å². The molecule has 0 aliphatic rings. The number of nitrogens with zero attached hydrogens (tertiary/aromatic N) is 1. The molecule has 0 amide bonds. The van der Waals surface area contributed by atoms with Crippen molar-refractivity contribution in [1.29, 1.82) is 0 Å². The van der Waals surface area contributed by atoms with Crippen LogP contribution >= 0.6 is 11.6 Å². The highest BCUT2D eigenvalue weighted by atomic mass is 35.5. The quantitative estimate of drug-likeness (QED) is 0.612. The lowest BCUT2D eigenvalue weighted by molar-refractivity contribution is -0.384. The van der Waals surface area contributed by atoms with Crippen LogP contribution in [0.2, 0.25) is 5.02 Å². The number of methoxy groups -OCH3 is 1. The number of anilines is 1. The van der Waals surface area contributed by atoms with Crippen LogP contribution in [-0.4, -0.2) is 36.4 Å².